The first kappa shape index (κ1) is 9.89. The van der Waals surface area contributed by atoms with Gasteiger partial charge in [0, 0.05) is 11.8 Å². The second kappa shape index (κ2) is 3.93. The Labute approximate surface area is 99.0 Å². The fourth-order valence-electron chi connectivity index (χ4n) is 1.89. The van der Waals surface area contributed by atoms with E-state index in [2.05, 4.69) is 15.4 Å². The second-order valence-corrected chi connectivity index (χ2v) is 3.98. The number of guanidine groups is 1. The Bertz CT molecular complexity index is 543. The average Bonchev–Trinajstić information content (AvgIpc) is 2.98. The van der Waals surface area contributed by atoms with Crippen molar-refractivity contribution in [3.63, 3.8) is 0 Å². The molecule has 5 nitrogen and oxygen atoms in total. The maximum Gasteiger partial charge on any atom is 0.189 e. The van der Waals surface area contributed by atoms with Crippen molar-refractivity contribution in [3.05, 3.63) is 48.3 Å². The Morgan fingerprint density at radius 2 is 2.12 bits per heavy atom. The lowest BCUT2D eigenvalue weighted by molar-refractivity contribution is 0.707. The van der Waals surface area contributed by atoms with Crippen molar-refractivity contribution in [2.45, 2.75) is 6.04 Å². The average molecular weight is 227 g/mol. The predicted molar refractivity (Wildman–Crippen MR) is 65.9 cm³/mol. The van der Waals surface area contributed by atoms with Gasteiger partial charge in [0.15, 0.2) is 5.96 Å². The highest BCUT2D eigenvalue weighted by molar-refractivity contribution is 5.80. The molecule has 1 aromatic heterocycles. The van der Waals surface area contributed by atoms with Gasteiger partial charge in [0.25, 0.3) is 0 Å². The molecule has 3 rings (SSSR count). The minimum Gasteiger partial charge on any atom is -0.370 e. The van der Waals surface area contributed by atoms with Gasteiger partial charge in [-0.25, -0.2) is 4.68 Å². The third-order valence-corrected chi connectivity index (χ3v) is 2.79. The molecular weight excluding hydrogens is 214 g/mol. The summed E-state index contributed by atoms with van der Waals surface area (Å²) >= 11 is 0. The molecule has 3 N–H and O–H groups in total. The van der Waals surface area contributed by atoms with E-state index < -0.39 is 0 Å². The van der Waals surface area contributed by atoms with E-state index in [0.717, 1.165) is 11.3 Å². The summed E-state index contributed by atoms with van der Waals surface area (Å²) in [5, 5.41) is 7.45. The van der Waals surface area contributed by atoms with Gasteiger partial charge in [0.05, 0.1) is 24.5 Å². The third-order valence-electron chi connectivity index (χ3n) is 2.79. The van der Waals surface area contributed by atoms with Crippen molar-refractivity contribution in [2.75, 3.05) is 6.54 Å². The van der Waals surface area contributed by atoms with Gasteiger partial charge < -0.3 is 11.1 Å². The first-order valence-corrected chi connectivity index (χ1v) is 5.49. The number of aliphatic imine (C=N–C) groups is 1. The Hall–Kier alpha value is -2.30. The predicted octanol–water partition coefficient (Wildman–Crippen LogP) is 0.831. The Morgan fingerprint density at radius 1 is 1.29 bits per heavy atom. The molecule has 0 spiro atoms. The van der Waals surface area contributed by atoms with Crippen LogP contribution in [-0.4, -0.2) is 22.3 Å². The van der Waals surface area contributed by atoms with E-state index in [9.17, 15) is 0 Å². The summed E-state index contributed by atoms with van der Waals surface area (Å²) in [4.78, 5) is 4.12. The quantitative estimate of drug-likeness (QED) is 0.798. The number of hydrogen-bond donors (Lipinski definition) is 2. The molecule has 1 aromatic carbocycles. The number of rotatable bonds is 2. The molecule has 86 valence electrons. The number of para-hydroxylation sites is 1. The van der Waals surface area contributed by atoms with Gasteiger partial charge in [-0.1, -0.05) is 18.2 Å². The van der Waals surface area contributed by atoms with E-state index in [0.29, 0.717) is 12.5 Å². The number of nitrogens with zero attached hydrogens (tertiary/aromatic N) is 3. The first-order chi connectivity index (χ1) is 8.33. The van der Waals surface area contributed by atoms with Crippen LogP contribution in [0.25, 0.3) is 5.69 Å². The lowest BCUT2D eigenvalue weighted by Crippen LogP contribution is -2.29. The molecule has 5 heteroatoms. The molecule has 0 saturated heterocycles. The van der Waals surface area contributed by atoms with Crippen LogP contribution in [0.15, 0.2) is 47.7 Å². The first-order valence-electron chi connectivity index (χ1n) is 5.49. The number of nitrogens with one attached hydrogen (secondary N) is 1. The molecule has 2 heterocycles. The van der Waals surface area contributed by atoms with Crippen LogP contribution in [0.5, 0.6) is 0 Å². The molecule has 0 radical (unpaired) electrons. The topological polar surface area (TPSA) is 68.2 Å². The lowest BCUT2D eigenvalue weighted by Gasteiger charge is -2.06. The van der Waals surface area contributed by atoms with Crippen molar-refractivity contribution in [3.8, 4) is 5.69 Å². The standard InChI is InChI=1S/C12H13N5/c13-12-14-7-11(16-12)9-6-15-17(8-9)10-4-2-1-3-5-10/h1-6,8,11H,7H2,(H3,13,14,16). The van der Waals surface area contributed by atoms with Gasteiger partial charge >= 0.3 is 0 Å². The van der Waals surface area contributed by atoms with Crippen LogP contribution in [0.1, 0.15) is 11.6 Å². The van der Waals surface area contributed by atoms with E-state index in [4.69, 9.17) is 5.73 Å². The summed E-state index contributed by atoms with van der Waals surface area (Å²) in [5.74, 6) is 0.502. The number of benzene rings is 1. The van der Waals surface area contributed by atoms with Gasteiger partial charge in [-0.05, 0) is 12.1 Å². The molecule has 1 aliphatic heterocycles. The molecule has 2 aromatic rings. The van der Waals surface area contributed by atoms with Gasteiger partial charge in [-0.15, -0.1) is 0 Å². The minimum absolute atomic E-state index is 0.146. The molecule has 0 bridgehead atoms. The van der Waals surface area contributed by atoms with Crippen LogP contribution < -0.4 is 11.1 Å². The molecule has 1 atom stereocenters. The van der Waals surface area contributed by atoms with Crippen molar-refractivity contribution < 1.29 is 0 Å². The fourth-order valence-corrected chi connectivity index (χ4v) is 1.89. The normalized spacial score (nSPS) is 18.8. The van der Waals surface area contributed by atoms with Crippen molar-refractivity contribution in [2.24, 2.45) is 10.7 Å². The molecule has 0 amide bonds. The summed E-state index contributed by atoms with van der Waals surface area (Å²) in [5.41, 5.74) is 7.73. The summed E-state index contributed by atoms with van der Waals surface area (Å²) in [6, 6.07) is 10.2. The van der Waals surface area contributed by atoms with E-state index in [-0.39, 0.29) is 6.04 Å². The highest BCUT2D eigenvalue weighted by Gasteiger charge is 2.18. The van der Waals surface area contributed by atoms with E-state index in [1.807, 2.05) is 47.4 Å². The van der Waals surface area contributed by atoms with E-state index in [1.54, 1.807) is 0 Å². The fraction of sp³-hybridized carbons (Fsp3) is 0.167. The van der Waals surface area contributed by atoms with Crippen molar-refractivity contribution >= 4 is 5.96 Å². The minimum atomic E-state index is 0.146. The molecule has 0 fully saturated rings. The molecule has 0 saturated carbocycles. The highest BCUT2D eigenvalue weighted by atomic mass is 15.3. The van der Waals surface area contributed by atoms with Gasteiger partial charge in [0.2, 0.25) is 0 Å². The van der Waals surface area contributed by atoms with Crippen LogP contribution >= 0.6 is 0 Å². The number of hydrogen-bond acceptors (Lipinski definition) is 4. The van der Waals surface area contributed by atoms with Crippen molar-refractivity contribution in [1.82, 2.24) is 15.1 Å². The molecule has 17 heavy (non-hydrogen) atoms. The Kier molecular flexibility index (Phi) is 2.29. The van der Waals surface area contributed by atoms with Gasteiger partial charge in [-0.2, -0.15) is 5.10 Å². The van der Waals surface area contributed by atoms with Crippen LogP contribution in [0.2, 0.25) is 0 Å². The van der Waals surface area contributed by atoms with E-state index in [1.165, 1.54) is 0 Å². The monoisotopic (exact) mass is 227 g/mol. The Morgan fingerprint density at radius 3 is 2.82 bits per heavy atom. The van der Waals surface area contributed by atoms with Crippen LogP contribution in [0.4, 0.5) is 0 Å². The number of aromatic nitrogens is 2. The van der Waals surface area contributed by atoms with Crippen LogP contribution in [-0.2, 0) is 0 Å². The molecule has 1 unspecified atom stereocenters. The SMILES string of the molecule is NC1=NCC(c2cnn(-c3ccccc3)c2)N1. The zero-order chi connectivity index (χ0) is 11.7. The van der Waals surface area contributed by atoms with Crippen molar-refractivity contribution in [1.29, 1.82) is 0 Å². The van der Waals surface area contributed by atoms with E-state index >= 15 is 0 Å². The lowest BCUT2D eigenvalue weighted by atomic mass is 10.2. The maximum atomic E-state index is 5.59. The zero-order valence-electron chi connectivity index (χ0n) is 9.24. The summed E-state index contributed by atoms with van der Waals surface area (Å²) < 4.78 is 1.85. The van der Waals surface area contributed by atoms with Gasteiger partial charge in [0.1, 0.15) is 0 Å². The molecular formula is C12H13N5. The second-order valence-electron chi connectivity index (χ2n) is 3.98. The summed E-state index contributed by atoms with van der Waals surface area (Å²) in [7, 11) is 0. The largest absolute Gasteiger partial charge is 0.370 e. The Balaban J connectivity index is 1.84. The van der Waals surface area contributed by atoms with Crippen LogP contribution in [0, 0.1) is 0 Å². The van der Waals surface area contributed by atoms with Gasteiger partial charge in [-0.3, -0.25) is 4.99 Å². The number of nitrogens with two attached hydrogens (primary N) is 1. The van der Waals surface area contributed by atoms with Crippen LogP contribution in [0.3, 0.4) is 0 Å². The zero-order valence-corrected chi connectivity index (χ0v) is 9.24. The highest BCUT2D eigenvalue weighted by Crippen LogP contribution is 2.17. The third kappa shape index (κ3) is 1.87. The smallest absolute Gasteiger partial charge is 0.189 e. The molecule has 0 aliphatic carbocycles. The summed E-state index contributed by atoms with van der Waals surface area (Å²) in [6.45, 7) is 0.673. The maximum absolute atomic E-state index is 5.59. The molecule has 1 aliphatic rings. The summed E-state index contributed by atoms with van der Waals surface area (Å²) in [6.07, 6.45) is 3.85.